The number of hydrazine groups is 1. The molecule has 0 aliphatic carbocycles. The largest absolute Gasteiger partial charge is 0.271 e. The van der Waals surface area contributed by atoms with Gasteiger partial charge in [-0.15, -0.1) is 0 Å². The second-order valence-corrected chi connectivity index (χ2v) is 5.23. The van der Waals surface area contributed by atoms with Crippen molar-refractivity contribution in [1.82, 2.24) is 10.4 Å². The maximum atomic E-state index is 6.18. The van der Waals surface area contributed by atoms with E-state index in [1.807, 2.05) is 31.2 Å². The molecule has 3 nitrogen and oxygen atoms in total. The van der Waals surface area contributed by atoms with E-state index in [9.17, 15) is 0 Å². The van der Waals surface area contributed by atoms with Gasteiger partial charge < -0.3 is 0 Å². The van der Waals surface area contributed by atoms with Crippen LogP contribution in [0.4, 0.5) is 0 Å². The molecule has 1 aromatic carbocycles. The summed E-state index contributed by atoms with van der Waals surface area (Å²) in [7, 11) is 0. The standard InChI is InChI=1S/C14H15Cl2N3/c1-9-5-10(8-18-7-9)14(19-17)6-11-12(15)3-2-4-13(11)16/h2-5,7-8,14,19H,6,17H2,1H3. The molecule has 0 aliphatic rings. The fourth-order valence-corrected chi connectivity index (χ4v) is 2.53. The summed E-state index contributed by atoms with van der Waals surface area (Å²) >= 11 is 12.4. The zero-order valence-corrected chi connectivity index (χ0v) is 12.0. The molecule has 0 saturated carbocycles. The molecule has 3 N–H and O–H groups in total. The van der Waals surface area contributed by atoms with Crippen LogP contribution in [-0.2, 0) is 6.42 Å². The Labute approximate surface area is 122 Å². The van der Waals surface area contributed by atoms with Gasteiger partial charge in [0.15, 0.2) is 0 Å². The van der Waals surface area contributed by atoms with Crippen molar-refractivity contribution in [2.75, 3.05) is 0 Å². The molecule has 0 radical (unpaired) electrons. The number of pyridine rings is 1. The van der Waals surface area contributed by atoms with Gasteiger partial charge in [0.25, 0.3) is 0 Å². The minimum atomic E-state index is -0.0789. The van der Waals surface area contributed by atoms with Crippen molar-refractivity contribution in [3.63, 3.8) is 0 Å². The SMILES string of the molecule is Cc1cncc(C(Cc2c(Cl)cccc2Cl)NN)c1. The first-order valence-electron chi connectivity index (χ1n) is 5.92. The second-order valence-electron chi connectivity index (χ2n) is 4.42. The Balaban J connectivity index is 2.29. The van der Waals surface area contributed by atoms with Crippen LogP contribution in [-0.4, -0.2) is 4.98 Å². The van der Waals surface area contributed by atoms with Crippen LogP contribution in [0.15, 0.2) is 36.7 Å². The minimum absolute atomic E-state index is 0.0789. The monoisotopic (exact) mass is 295 g/mol. The van der Waals surface area contributed by atoms with Crippen molar-refractivity contribution < 1.29 is 0 Å². The first kappa shape index (κ1) is 14.3. The predicted octanol–water partition coefficient (Wildman–Crippen LogP) is 3.44. The quantitative estimate of drug-likeness (QED) is 0.671. The highest BCUT2D eigenvalue weighted by Gasteiger charge is 2.15. The van der Waals surface area contributed by atoms with Gasteiger partial charge in [0.1, 0.15) is 0 Å². The van der Waals surface area contributed by atoms with Crippen LogP contribution in [0.3, 0.4) is 0 Å². The molecule has 0 aliphatic heterocycles. The van der Waals surface area contributed by atoms with Gasteiger partial charge in [-0.1, -0.05) is 35.3 Å². The van der Waals surface area contributed by atoms with Gasteiger partial charge in [-0.05, 0) is 42.2 Å². The van der Waals surface area contributed by atoms with Crippen LogP contribution in [0, 0.1) is 6.92 Å². The van der Waals surface area contributed by atoms with E-state index in [1.54, 1.807) is 12.4 Å². The number of nitrogens with zero attached hydrogens (tertiary/aromatic N) is 1. The molecule has 0 amide bonds. The van der Waals surface area contributed by atoms with E-state index in [1.165, 1.54) is 0 Å². The maximum Gasteiger partial charge on any atom is 0.0516 e. The summed E-state index contributed by atoms with van der Waals surface area (Å²) in [6.07, 6.45) is 4.21. The Morgan fingerprint density at radius 3 is 2.53 bits per heavy atom. The number of aryl methyl sites for hydroxylation is 1. The van der Waals surface area contributed by atoms with Gasteiger partial charge >= 0.3 is 0 Å². The van der Waals surface area contributed by atoms with Crippen LogP contribution in [0.25, 0.3) is 0 Å². The first-order chi connectivity index (χ1) is 9.11. The second kappa shape index (κ2) is 6.35. The molecule has 1 heterocycles. The normalized spacial score (nSPS) is 12.4. The lowest BCUT2D eigenvalue weighted by Gasteiger charge is -2.18. The highest BCUT2D eigenvalue weighted by Crippen LogP contribution is 2.29. The van der Waals surface area contributed by atoms with Gasteiger partial charge in [0.05, 0.1) is 6.04 Å². The molecule has 1 atom stereocenters. The zero-order valence-electron chi connectivity index (χ0n) is 10.5. The van der Waals surface area contributed by atoms with Crippen LogP contribution < -0.4 is 11.3 Å². The van der Waals surface area contributed by atoms with Crippen molar-refractivity contribution >= 4 is 23.2 Å². The minimum Gasteiger partial charge on any atom is -0.271 e. The lowest BCUT2D eigenvalue weighted by Crippen LogP contribution is -2.29. The number of hydrogen-bond donors (Lipinski definition) is 2. The summed E-state index contributed by atoms with van der Waals surface area (Å²) in [6.45, 7) is 1.99. The summed E-state index contributed by atoms with van der Waals surface area (Å²) in [4.78, 5) is 4.18. The highest BCUT2D eigenvalue weighted by molar-refractivity contribution is 6.36. The van der Waals surface area contributed by atoms with E-state index in [0.29, 0.717) is 16.5 Å². The van der Waals surface area contributed by atoms with Crippen molar-refractivity contribution in [2.24, 2.45) is 5.84 Å². The van der Waals surface area contributed by atoms with Gasteiger partial charge in [-0.2, -0.15) is 0 Å². The molecule has 19 heavy (non-hydrogen) atoms. The van der Waals surface area contributed by atoms with E-state index in [2.05, 4.69) is 10.4 Å². The summed E-state index contributed by atoms with van der Waals surface area (Å²) in [5.41, 5.74) is 5.77. The Hall–Kier alpha value is -1.13. The summed E-state index contributed by atoms with van der Waals surface area (Å²) in [5, 5.41) is 1.29. The third-order valence-corrected chi connectivity index (χ3v) is 3.68. The highest BCUT2D eigenvalue weighted by atomic mass is 35.5. The number of aromatic nitrogens is 1. The zero-order chi connectivity index (χ0) is 13.8. The van der Waals surface area contributed by atoms with Crippen molar-refractivity contribution in [3.05, 3.63) is 63.4 Å². The average molecular weight is 296 g/mol. The van der Waals surface area contributed by atoms with Crippen molar-refractivity contribution in [1.29, 1.82) is 0 Å². The Bertz CT molecular complexity index is 552. The van der Waals surface area contributed by atoms with Gasteiger partial charge in [0.2, 0.25) is 0 Å². The molecule has 1 unspecified atom stereocenters. The summed E-state index contributed by atoms with van der Waals surface area (Å²) < 4.78 is 0. The third-order valence-electron chi connectivity index (χ3n) is 2.97. The molecule has 0 saturated heterocycles. The fourth-order valence-electron chi connectivity index (χ4n) is 1.97. The van der Waals surface area contributed by atoms with Crippen molar-refractivity contribution in [2.45, 2.75) is 19.4 Å². The van der Waals surface area contributed by atoms with Gasteiger partial charge in [-0.3, -0.25) is 16.3 Å². The Kier molecular flexibility index (Phi) is 4.77. The predicted molar refractivity (Wildman–Crippen MR) is 79.2 cm³/mol. The molecule has 100 valence electrons. The van der Waals surface area contributed by atoms with Crippen LogP contribution in [0.1, 0.15) is 22.7 Å². The topological polar surface area (TPSA) is 50.9 Å². The lowest BCUT2D eigenvalue weighted by atomic mass is 10.00. The lowest BCUT2D eigenvalue weighted by molar-refractivity contribution is 0.550. The van der Waals surface area contributed by atoms with Crippen LogP contribution >= 0.6 is 23.2 Å². The molecule has 0 spiro atoms. The van der Waals surface area contributed by atoms with E-state index in [0.717, 1.165) is 16.7 Å². The fraction of sp³-hybridized carbons (Fsp3) is 0.214. The molecular formula is C14H15Cl2N3. The number of nitrogens with two attached hydrogens (primary N) is 1. The number of nitrogens with one attached hydrogen (secondary N) is 1. The van der Waals surface area contributed by atoms with Gasteiger partial charge in [-0.25, -0.2) is 0 Å². The Morgan fingerprint density at radius 1 is 1.26 bits per heavy atom. The summed E-state index contributed by atoms with van der Waals surface area (Å²) in [5.74, 6) is 5.64. The third kappa shape index (κ3) is 3.45. The van der Waals surface area contributed by atoms with Crippen LogP contribution in [0.2, 0.25) is 10.0 Å². The van der Waals surface area contributed by atoms with E-state index < -0.39 is 0 Å². The number of rotatable bonds is 4. The van der Waals surface area contributed by atoms with Crippen LogP contribution in [0.5, 0.6) is 0 Å². The van der Waals surface area contributed by atoms with E-state index >= 15 is 0 Å². The smallest absolute Gasteiger partial charge is 0.0516 e. The van der Waals surface area contributed by atoms with Gasteiger partial charge in [0, 0.05) is 22.4 Å². The molecule has 5 heteroatoms. The Morgan fingerprint density at radius 2 is 1.95 bits per heavy atom. The first-order valence-corrected chi connectivity index (χ1v) is 6.68. The molecule has 0 fully saturated rings. The number of halogens is 2. The van der Waals surface area contributed by atoms with E-state index in [4.69, 9.17) is 29.0 Å². The number of benzene rings is 1. The maximum absolute atomic E-state index is 6.18. The molecule has 0 bridgehead atoms. The molecule has 2 rings (SSSR count). The van der Waals surface area contributed by atoms with E-state index in [-0.39, 0.29) is 6.04 Å². The summed E-state index contributed by atoms with van der Waals surface area (Å²) in [6, 6.07) is 7.44. The number of hydrogen-bond acceptors (Lipinski definition) is 3. The molecule has 1 aromatic heterocycles. The van der Waals surface area contributed by atoms with Crippen molar-refractivity contribution in [3.8, 4) is 0 Å². The molecule has 2 aromatic rings. The average Bonchev–Trinajstić information content (AvgIpc) is 2.38. The molecular weight excluding hydrogens is 281 g/mol.